The number of benzene rings is 1. The van der Waals surface area contributed by atoms with Crippen LogP contribution in [-0.2, 0) is 0 Å². The summed E-state index contributed by atoms with van der Waals surface area (Å²) in [5, 5.41) is 20.3. The average Bonchev–Trinajstić information content (AvgIpc) is 2.38. The molecule has 0 radical (unpaired) electrons. The van der Waals surface area contributed by atoms with E-state index in [0.717, 1.165) is 37.2 Å². The van der Waals surface area contributed by atoms with E-state index in [1.807, 2.05) is 19.9 Å². The first-order chi connectivity index (χ1) is 8.99. The molecule has 0 amide bonds. The van der Waals surface area contributed by atoms with E-state index in [0.29, 0.717) is 5.92 Å². The van der Waals surface area contributed by atoms with Crippen molar-refractivity contribution in [3.63, 3.8) is 0 Å². The monoisotopic (exact) mass is 264 g/mol. The van der Waals surface area contributed by atoms with Crippen LogP contribution in [0.25, 0.3) is 0 Å². The molecule has 0 bridgehead atoms. The number of nitrogens with zero attached hydrogens (tertiary/aromatic N) is 2. The molecular weight excluding hydrogens is 244 g/mol. The van der Waals surface area contributed by atoms with Crippen LogP contribution in [0.15, 0.2) is 18.2 Å². The quantitative estimate of drug-likeness (QED) is 0.673. The van der Waals surface area contributed by atoms with Gasteiger partial charge in [0.2, 0.25) is 0 Å². The van der Waals surface area contributed by atoms with E-state index in [1.165, 1.54) is 0 Å². The highest BCUT2D eigenvalue weighted by Gasteiger charge is 2.23. The van der Waals surface area contributed by atoms with Crippen molar-refractivity contribution in [1.29, 1.82) is 0 Å². The van der Waals surface area contributed by atoms with E-state index >= 15 is 0 Å². The zero-order chi connectivity index (χ0) is 14.0. The molecular formula is C14H20N2O3. The van der Waals surface area contributed by atoms with Gasteiger partial charge in [0.25, 0.3) is 5.69 Å². The highest BCUT2D eigenvalue weighted by Crippen LogP contribution is 2.29. The van der Waals surface area contributed by atoms with Crippen LogP contribution in [-0.4, -0.2) is 29.2 Å². The first-order valence-corrected chi connectivity index (χ1v) is 6.67. The van der Waals surface area contributed by atoms with Gasteiger partial charge in [0.05, 0.1) is 11.0 Å². The van der Waals surface area contributed by atoms with Gasteiger partial charge in [-0.2, -0.15) is 0 Å². The highest BCUT2D eigenvalue weighted by atomic mass is 16.6. The minimum atomic E-state index is -0.365. The van der Waals surface area contributed by atoms with Crippen LogP contribution in [0.1, 0.15) is 25.3 Å². The third-order valence-corrected chi connectivity index (χ3v) is 3.95. The molecule has 1 atom stereocenters. The molecule has 1 fully saturated rings. The van der Waals surface area contributed by atoms with Gasteiger partial charge in [0, 0.05) is 30.9 Å². The number of nitro groups is 1. The van der Waals surface area contributed by atoms with Crippen LogP contribution in [0, 0.1) is 23.0 Å². The van der Waals surface area contributed by atoms with Crippen molar-refractivity contribution in [2.75, 3.05) is 18.0 Å². The SMILES string of the molecule is Cc1cc([N+](=O)[O-])ccc1N1CCC(C(C)O)CC1. The van der Waals surface area contributed by atoms with Crippen LogP contribution in [0.2, 0.25) is 0 Å². The lowest BCUT2D eigenvalue weighted by Crippen LogP contribution is -2.37. The summed E-state index contributed by atoms with van der Waals surface area (Å²) in [7, 11) is 0. The average molecular weight is 264 g/mol. The third-order valence-electron chi connectivity index (χ3n) is 3.95. The maximum Gasteiger partial charge on any atom is 0.269 e. The van der Waals surface area contributed by atoms with Crippen molar-refractivity contribution in [2.45, 2.75) is 32.8 Å². The van der Waals surface area contributed by atoms with Gasteiger partial charge in [0.15, 0.2) is 0 Å². The van der Waals surface area contributed by atoms with Crippen LogP contribution < -0.4 is 4.90 Å². The molecule has 1 aliphatic heterocycles. The van der Waals surface area contributed by atoms with Gasteiger partial charge in [0.1, 0.15) is 0 Å². The summed E-state index contributed by atoms with van der Waals surface area (Å²) in [6, 6.07) is 5.01. The van der Waals surface area contributed by atoms with Crippen LogP contribution in [0.4, 0.5) is 11.4 Å². The smallest absolute Gasteiger partial charge is 0.269 e. The Kier molecular flexibility index (Phi) is 4.04. The topological polar surface area (TPSA) is 66.6 Å². The minimum Gasteiger partial charge on any atom is -0.393 e. The Balaban J connectivity index is 2.09. The number of non-ortho nitro benzene ring substituents is 1. The zero-order valence-corrected chi connectivity index (χ0v) is 11.4. The van der Waals surface area contributed by atoms with Crippen molar-refractivity contribution in [1.82, 2.24) is 0 Å². The lowest BCUT2D eigenvalue weighted by molar-refractivity contribution is -0.384. The Hall–Kier alpha value is -1.62. The number of hydrogen-bond donors (Lipinski definition) is 1. The van der Waals surface area contributed by atoms with Gasteiger partial charge in [-0.1, -0.05) is 0 Å². The van der Waals surface area contributed by atoms with Crippen molar-refractivity contribution >= 4 is 11.4 Å². The number of aliphatic hydroxyl groups is 1. The van der Waals surface area contributed by atoms with Gasteiger partial charge in [-0.15, -0.1) is 0 Å². The molecule has 2 rings (SSSR count). The van der Waals surface area contributed by atoms with Crippen molar-refractivity contribution < 1.29 is 10.0 Å². The molecule has 0 aromatic heterocycles. The second-order valence-electron chi connectivity index (χ2n) is 5.29. The van der Waals surface area contributed by atoms with Gasteiger partial charge in [-0.05, 0) is 44.2 Å². The van der Waals surface area contributed by atoms with Crippen LogP contribution in [0.3, 0.4) is 0 Å². The number of aryl methyl sites for hydroxylation is 1. The van der Waals surface area contributed by atoms with Crippen LogP contribution in [0.5, 0.6) is 0 Å². The van der Waals surface area contributed by atoms with E-state index in [-0.39, 0.29) is 16.7 Å². The van der Waals surface area contributed by atoms with Gasteiger partial charge in [-0.25, -0.2) is 0 Å². The van der Waals surface area contributed by atoms with E-state index in [2.05, 4.69) is 4.90 Å². The molecule has 1 heterocycles. The van der Waals surface area contributed by atoms with Gasteiger partial charge >= 0.3 is 0 Å². The van der Waals surface area contributed by atoms with E-state index in [4.69, 9.17) is 0 Å². The predicted molar refractivity (Wildman–Crippen MR) is 74.5 cm³/mol. The summed E-state index contributed by atoms with van der Waals surface area (Å²) in [6.07, 6.45) is 1.68. The Bertz CT molecular complexity index is 466. The second kappa shape index (κ2) is 5.57. The van der Waals surface area contributed by atoms with Crippen LogP contribution >= 0.6 is 0 Å². The summed E-state index contributed by atoms with van der Waals surface area (Å²) >= 11 is 0. The molecule has 1 aromatic rings. The fourth-order valence-electron chi connectivity index (χ4n) is 2.73. The lowest BCUT2D eigenvalue weighted by Gasteiger charge is -2.35. The highest BCUT2D eigenvalue weighted by molar-refractivity contribution is 5.57. The third kappa shape index (κ3) is 3.04. The molecule has 5 heteroatoms. The number of hydrogen-bond acceptors (Lipinski definition) is 4. The molecule has 19 heavy (non-hydrogen) atoms. The molecule has 0 saturated carbocycles. The number of aliphatic hydroxyl groups excluding tert-OH is 1. The molecule has 1 aromatic carbocycles. The largest absolute Gasteiger partial charge is 0.393 e. The normalized spacial score (nSPS) is 18.4. The fourth-order valence-corrected chi connectivity index (χ4v) is 2.73. The Morgan fingerprint density at radius 3 is 2.53 bits per heavy atom. The van der Waals surface area contributed by atoms with Gasteiger partial charge in [-0.3, -0.25) is 10.1 Å². The maximum atomic E-state index is 10.7. The predicted octanol–water partition coefficient (Wildman–Crippen LogP) is 2.50. The molecule has 1 saturated heterocycles. The Labute approximate surface area is 113 Å². The second-order valence-corrected chi connectivity index (χ2v) is 5.29. The van der Waals surface area contributed by atoms with Crippen molar-refractivity contribution in [3.05, 3.63) is 33.9 Å². The summed E-state index contributed by atoms with van der Waals surface area (Å²) in [6.45, 7) is 5.54. The number of piperidine rings is 1. The Morgan fingerprint density at radius 2 is 2.05 bits per heavy atom. The summed E-state index contributed by atoms with van der Waals surface area (Å²) in [5.41, 5.74) is 2.14. The van der Waals surface area contributed by atoms with E-state index in [1.54, 1.807) is 12.1 Å². The molecule has 1 N–H and O–H groups in total. The first-order valence-electron chi connectivity index (χ1n) is 6.67. The summed E-state index contributed by atoms with van der Waals surface area (Å²) in [4.78, 5) is 12.6. The zero-order valence-electron chi connectivity index (χ0n) is 11.4. The molecule has 0 spiro atoms. The van der Waals surface area contributed by atoms with Gasteiger partial charge < -0.3 is 10.0 Å². The lowest BCUT2D eigenvalue weighted by atomic mass is 9.91. The molecule has 1 unspecified atom stereocenters. The fraction of sp³-hybridized carbons (Fsp3) is 0.571. The standard InChI is InChI=1S/C14H20N2O3/c1-10-9-13(16(18)19)3-4-14(10)15-7-5-12(6-8-15)11(2)17/h3-4,9,11-12,17H,5-8H2,1-2H3. The van der Waals surface area contributed by atoms with E-state index < -0.39 is 0 Å². The number of nitro benzene ring substituents is 1. The minimum absolute atomic E-state index is 0.139. The molecule has 1 aliphatic rings. The molecule has 104 valence electrons. The maximum absolute atomic E-state index is 10.7. The van der Waals surface area contributed by atoms with Crippen molar-refractivity contribution in [3.8, 4) is 0 Å². The number of rotatable bonds is 3. The first kappa shape index (κ1) is 13.8. The molecule has 0 aliphatic carbocycles. The molecule has 5 nitrogen and oxygen atoms in total. The van der Waals surface area contributed by atoms with Crippen molar-refractivity contribution in [2.24, 2.45) is 5.92 Å². The summed E-state index contributed by atoms with van der Waals surface area (Å²) < 4.78 is 0. The van der Waals surface area contributed by atoms with E-state index in [9.17, 15) is 15.2 Å². The number of anilines is 1. The summed E-state index contributed by atoms with van der Waals surface area (Å²) in [5.74, 6) is 0.370. The Morgan fingerprint density at radius 1 is 1.42 bits per heavy atom.